The normalized spacial score (nSPS) is 13.3. The predicted molar refractivity (Wildman–Crippen MR) is 34.3 cm³/mol. The molecule has 0 amide bonds. The quantitative estimate of drug-likeness (QED) is 0.550. The van der Waals surface area contributed by atoms with Crippen molar-refractivity contribution in [2.24, 2.45) is 0 Å². The number of hydrogen-bond donors (Lipinski definition) is 0. The van der Waals surface area contributed by atoms with Gasteiger partial charge in [0.1, 0.15) is 11.2 Å². The van der Waals surface area contributed by atoms with Crippen molar-refractivity contribution in [2.75, 3.05) is 0 Å². The Hall–Kier alpha value is -0.860. The number of rotatable bonds is 1. The first kappa shape index (κ1) is 11.2. The first-order chi connectivity index (χ1) is 6.20. The largest absolute Gasteiger partial charge is 0.505 e. The first-order valence-electron chi connectivity index (χ1n) is 2.99. The van der Waals surface area contributed by atoms with Gasteiger partial charge < -0.3 is 0 Å². The maximum absolute atomic E-state index is 12.0. The van der Waals surface area contributed by atoms with Gasteiger partial charge in [-0.25, -0.2) is 0 Å². The van der Waals surface area contributed by atoms with Gasteiger partial charge in [-0.05, 0) is 0 Å². The Balaban J connectivity index is 2.95. The molecule has 1 radical (unpaired) electrons. The van der Waals surface area contributed by atoms with E-state index < -0.39 is 33.3 Å². The lowest BCUT2D eigenvalue weighted by Crippen LogP contribution is -2.20. The van der Waals surface area contributed by atoms with Gasteiger partial charge in [0.25, 0.3) is 0 Å². The smallest absolute Gasteiger partial charge is 0.164 e. The van der Waals surface area contributed by atoms with Crippen LogP contribution in [0, 0.1) is 6.20 Å². The van der Waals surface area contributed by atoms with Crippen LogP contribution < -0.4 is 0 Å². The molecule has 79 valence electrons. The van der Waals surface area contributed by atoms with Crippen molar-refractivity contribution in [3.05, 3.63) is 12.3 Å². The lowest BCUT2D eigenvalue weighted by Gasteiger charge is -2.10. The molecule has 0 aliphatic heterocycles. The van der Waals surface area contributed by atoms with Crippen LogP contribution in [0.4, 0.5) is 26.3 Å². The molecule has 0 spiro atoms. The number of alkyl halides is 6. The minimum Gasteiger partial charge on any atom is -0.164 e. The summed E-state index contributed by atoms with van der Waals surface area (Å²) in [5, 5.41) is 1.55. The standard InChI is InChI=1S/C5HF6N2S/c6-4(7,8)13-3(1-2-12-13)14-5(9,10)11/h1H. The van der Waals surface area contributed by atoms with E-state index in [9.17, 15) is 26.3 Å². The maximum Gasteiger partial charge on any atom is 0.505 e. The van der Waals surface area contributed by atoms with Gasteiger partial charge in [0.05, 0.1) is 0 Å². The molecule has 0 aliphatic rings. The van der Waals surface area contributed by atoms with Gasteiger partial charge in [0.2, 0.25) is 0 Å². The highest BCUT2D eigenvalue weighted by Crippen LogP contribution is 2.38. The van der Waals surface area contributed by atoms with Crippen LogP contribution in [0.5, 0.6) is 0 Å². The second kappa shape index (κ2) is 3.37. The van der Waals surface area contributed by atoms with Crippen LogP contribution in [0.25, 0.3) is 0 Å². The summed E-state index contributed by atoms with van der Waals surface area (Å²) in [5.41, 5.74) is -4.78. The highest BCUT2D eigenvalue weighted by molar-refractivity contribution is 8.00. The van der Waals surface area contributed by atoms with Gasteiger partial charge in [-0.2, -0.15) is 23.0 Å². The molecule has 0 saturated carbocycles. The molecule has 0 N–H and O–H groups in total. The molecule has 0 aliphatic carbocycles. The lowest BCUT2D eigenvalue weighted by atomic mass is 10.7. The van der Waals surface area contributed by atoms with Crippen LogP contribution >= 0.6 is 11.8 Å². The number of thioether (sulfide) groups is 1. The van der Waals surface area contributed by atoms with Crippen molar-refractivity contribution in [2.45, 2.75) is 16.8 Å². The Morgan fingerprint density at radius 1 is 1.21 bits per heavy atom. The minimum atomic E-state index is -4.96. The van der Waals surface area contributed by atoms with Crippen LogP contribution in [0.15, 0.2) is 11.1 Å². The van der Waals surface area contributed by atoms with E-state index in [2.05, 4.69) is 5.10 Å². The van der Waals surface area contributed by atoms with Crippen LogP contribution in [-0.4, -0.2) is 15.3 Å². The number of halogens is 6. The van der Waals surface area contributed by atoms with E-state index >= 15 is 0 Å². The number of hydrogen-bond acceptors (Lipinski definition) is 2. The molecule has 9 heteroatoms. The highest BCUT2D eigenvalue weighted by atomic mass is 32.2. The summed E-state index contributed by atoms with van der Waals surface area (Å²) in [7, 11) is 0. The third kappa shape index (κ3) is 2.82. The van der Waals surface area contributed by atoms with Crippen molar-refractivity contribution in [3.8, 4) is 0 Å². The average molecular weight is 235 g/mol. The monoisotopic (exact) mass is 235 g/mol. The molecule has 1 rings (SSSR count). The highest BCUT2D eigenvalue weighted by Gasteiger charge is 2.38. The van der Waals surface area contributed by atoms with Gasteiger partial charge in [0.15, 0.2) is 0 Å². The molecule has 0 unspecified atom stereocenters. The molecular formula is C5HF6N2S. The Labute approximate surface area is 77.9 Å². The van der Waals surface area contributed by atoms with E-state index in [0.29, 0.717) is 6.07 Å². The Bertz CT molecular complexity index is 313. The number of nitrogens with zero attached hydrogens (tertiary/aromatic N) is 2. The Morgan fingerprint density at radius 3 is 2.21 bits per heavy atom. The second-order valence-corrected chi connectivity index (χ2v) is 3.12. The van der Waals surface area contributed by atoms with Crippen LogP contribution in [-0.2, 0) is 6.30 Å². The van der Waals surface area contributed by atoms with Crippen molar-refractivity contribution in [1.29, 1.82) is 0 Å². The summed E-state index contributed by atoms with van der Waals surface area (Å²) < 4.78 is 70.4. The summed E-state index contributed by atoms with van der Waals surface area (Å²) >= 11 is -0.890. The fourth-order valence-electron chi connectivity index (χ4n) is 0.625. The Kier molecular flexibility index (Phi) is 2.70. The summed E-state index contributed by atoms with van der Waals surface area (Å²) in [6, 6.07) is 0.519. The van der Waals surface area contributed by atoms with Gasteiger partial charge in [-0.15, -0.1) is 13.2 Å². The fraction of sp³-hybridized carbons (Fsp3) is 0.400. The fourth-order valence-corrected chi connectivity index (χ4v) is 1.20. The van der Waals surface area contributed by atoms with Crippen LogP contribution in [0.3, 0.4) is 0 Å². The molecule has 1 aromatic heterocycles. The molecule has 0 aromatic carbocycles. The minimum absolute atomic E-state index is 0.519. The molecule has 0 fully saturated rings. The summed E-state index contributed by atoms with van der Waals surface area (Å²) in [6.07, 6.45) is -3.27. The number of aromatic nitrogens is 2. The van der Waals surface area contributed by atoms with Crippen molar-refractivity contribution in [3.63, 3.8) is 0 Å². The zero-order valence-electron chi connectivity index (χ0n) is 6.15. The molecule has 0 atom stereocenters. The molecule has 14 heavy (non-hydrogen) atoms. The zero-order chi connectivity index (χ0) is 11.0. The Morgan fingerprint density at radius 2 is 1.79 bits per heavy atom. The topological polar surface area (TPSA) is 17.8 Å². The van der Waals surface area contributed by atoms with Gasteiger partial charge >= 0.3 is 11.8 Å². The molecule has 0 saturated heterocycles. The summed E-state index contributed by atoms with van der Waals surface area (Å²) in [6.45, 7) is 0. The molecule has 0 bridgehead atoms. The van der Waals surface area contributed by atoms with Crippen LogP contribution in [0.1, 0.15) is 0 Å². The summed E-state index contributed by atoms with van der Waals surface area (Å²) in [5.74, 6) is 0. The molecule has 2 nitrogen and oxygen atoms in total. The third-order valence-electron chi connectivity index (χ3n) is 1.01. The lowest BCUT2D eigenvalue weighted by molar-refractivity contribution is -0.218. The van der Waals surface area contributed by atoms with Gasteiger partial charge in [-0.1, -0.05) is 0 Å². The average Bonchev–Trinajstić information content (AvgIpc) is 2.29. The van der Waals surface area contributed by atoms with E-state index in [1.807, 2.05) is 0 Å². The third-order valence-corrected chi connectivity index (χ3v) is 1.75. The zero-order valence-corrected chi connectivity index (χ0v) is 6.96. The van der Waals surface area contributed by atoms with E-state index in [4.69, 9.17) is 0 Å². The van der Waals surface area contributed by atoms with Crippen molar-refractivity contribution >= 4 is 11.8 Å². The first-order valence-corrected chi connectivity index (χ1v) is 3.81. The van der Waals surface area contributed by atoms with Crippen LogP contribution in [0.2, 0.25) is 0 Å². The van der Waals surface area contributed by atoms with E-state index in [1.54, 1.807) is 6.20 Å². The van der Waals surface area contributed by atoms with E-state index in [0.717, 1.165) is 0 Å². The van der Waals surface area contributed by atoms with Gasteiger partial charge in [-0.3, -0.25) is 0 Å². The van der Waals surface area contributed by atoms with Crippen molar-refractivity contribution in [1.82, 2.24) is 9.78 Å². The molecular weight excluding hydrogens is 234 g/mol. The maximum atomic E-state index is 12.0. The summed E-state index contributed by atoms with van der Waals surface area (Å²) in [4.78, 5) is 0. The van der Waals surface area contributed by atoms with E-state index in [1.165, 1.54) is 0 Å². The SMILES string of the molecule is FC(F)(F)Sc1c[c]nn1C(F)(F)F. The predicted octanol–water partition coefficient (Wildman–Crippen LogP) is 2.77. The molecule has 1 aromatic rings. The second-order valence-electron chi connectivity index (χ2n) is 2.04. The van der Waals surface area contributed by atoms with E-state index in [-0.39, 0.29) is 0 Å². The molecule has 1 heterocycles. The van der Waals surface area contributed by atoms with Gasteiger partial charge in [0, 0.05) is 17.8 Å². The van der Waals surface area contributed by atoms with Crippen molar-refractivity contribution < 1.29 is 26.3 Å².